The molecule has 0 atom stereocenters. The van der Waals surface area contributed by atoms with Crippen LogP contribution >= 0.6 is 0 Å². The van der Waals surface area contributed by atoms with E-state index in [1.54, 1.807) is 0 Å². The first-order valence-corrected chi connectivity index (χ1v) is 8.44. The van der Waals surface area contributed by atoms with Crippen LogP contribution in [0.25, 0.3) is 0 Å². The van der Waals surface area contributed by atoms with Crippen molar-refractivity contribution >= 4 is 5.97 Å². The van der Waals surface area contributed by atoms with E-state index in [1.165, 1.54) is 64.3 Å². The maximum Gasteiger partial charge on any atom is 0.303 e. The third kappa shape index (κ3) is 17.4. The smallest absolute Gasteiger partial charge is 0.303 e. The number of quaternary nitrogens is 1. The number of carbonyl (C=O) groups is 1. The van der Waals surface area contributed by atoms with Gasteiger partial charge in [-0.05, 0) is 19.3 Å². The average Bonchev–Trinajstić information content (AvgIpc) is 2.33. The van der Waals surface area contributed by atoms with E-state index in [-0.39, 0.29) is 0 Å². The topological polar surface area (TPSA) is 37.3 Å². The Bertz CT molecular complexity index is 234. The van der Waals surface area contributed by atoms with Gasteiger partial charge in [-0.15, -0.1) is 0 Å². The number of hydrogen-bond donors (Lipinski definition) is 1. The molecule has 0 amide bonds. The molecule has 3 nitrogen and oxygen atoms in total. The summed E-state index contributed by atoms with van der Waals surface area (Å²) in [5.41, 5.74) is 0. The van der Waals surface area contributed by atoms with Gasteiger partial charge in [-0.2, -0.15) is 0 Å². The molecular formula is C17H36NO2+. The van der Waals surface area contributed by atoms with Gasteiger partial charge in [0.15, 0.2) is 0 Å². The van der Waals surface area contributed by atoms with Crippen molar-refractivity contribution in [1.29, 1.82) is 0 Å². The molecule has 0 bridgehead atoms. The summed E-state index contributed by atoms with van der Waals surface area (Å²) in [4.78, 5) is 10.3. The minimum absolute atomic E-state index is 0.341. The fourth-order valence-corrected chi connectivity index (χ4v) is 2.45. The summed E-state index contributed by atoms with van der Waals surface area (Å²) in [6.07, 6.45) is 14.3. The number of unbranched alkanes of at least 4 members (excludes halogenated alkanes) is 10. The van der Waals surface area contributed by atoms with E-state index in [0.29, 0.717) is 6.42 Å². The van der Waals surface area contributed by atoms with Crippen LogP contribution in [-0.2, 0) is 4.79 Å². The van der Waals surface area contributed by atoms with Crippen LogP contribution in [0.1, 0.15) is 77.0 Å². The minimum Gasteiger partial charge on any atom is -0.481 e. The largest absolute Gasteiger partial charge is 0.481 e. The van der Waals surface area contributed by atoms with E-state index in [4.69, 9.17) is 5.11 Å². The standard InChI is InChI=1S/C17H35NO2/c1-18(2,3)16-14-12-10-8-6-4-5-7-9-11-13-15-17(19)20/h4-16H2,1-3H3/p+1. The van der Waals surface area contributed by atoms with Gasteiger partial charge in [-0.3, -0.25) is 4.79 Å². The number of aliphatic carboxylic acids is 1. The Hall–Kier alpha value is -0.570. The van der Waals surface area contributed by atoms with Crippen molar-refractivity contribution in [2.24, 2.45) is 0 Å². The van der Waals surface area contributed by atoms with E-state index in [2.05, 4.69) is 21.1 Å². The summed E-state index contributed by atoms with van der Waals surface area (Å²) in [6.45, 7) is 1.29. The molecule has 0 aromatic carbocycles. The molecule has 0 aliphatic rings. The number of rotatable bonds is 14. The Morgan fingerprint density at radius 2 is 1.05 bits per heavy atom. The first-order chi connectivity index (χ1) is 9.42. The molecule has 0 unspecified atom stereocenters. The zero-order valence-corrected chi connectivity index (χ0v) is 14.0. The van der Waals surface area contributed by atoms with Crippen LogP contribution in [-0.4, -0.2) is 43.2 Å². The van der Waals surface area contributed by atoms with Gasteiger partial charge in [-0.25, -0.2) is 0 Å². The predicted octanol–water partition coefficient (Wildman–Crippen LogP) is 4.46. The summed E-state index contributed by atoms with van der Waals surface area (Å²) in [5, 5.41) is 8.52. The van der Waals surface area contributed by atoms with E-state index in [9.17, 15) is 4.79 Å². The summed E-state index contributed by atoms with van der Waals surface area (Å²) in [5.74, 6) is -0.657. The molecule has 0 saturated carbocycles. The van der Waals surface area contributed by atoms with E-state index >= 15 is 0 Å². The minimum atomic E-state index is -0.657. The average molecular weight is 286 g/mol. The number of carboxylic acid groups (broad SMARTS) is 1. The van der Waals surface area contributed by atoms with Crippen LogP contribution in [0, 0.1) is 0 Å². The molecule has 0 radical (unpaired) electrons. The second-order valence-corrected chi connectivity index (χ2v) is 7.05. The molecule has 0 aliphatic heterocycles. The molecule has 1 N–H and O–H groups in total. The summed E-state index contributed by atoms with van der Waals surface area (Å²) in [7, 11) is 6.78. The lowest BCUT2D eigenvalue weighted by Crippen LogP contribution is -2.35. The van der Waals surface area contributed by atoms with Crippen LogP contribution in [0.4, 0.5) is 0 Å². The van der Waals surface area contributed by atoms with Crippen molar-refractivity contribution in [1.82, 2.24) is 0 Å². The van der Waals surface area contributed by atoms with Crippen LogP contribution in [0.15, 0.2) is 0 Å². The number of hydrogen-bond acceptors (Lipinski definition) is 1. The van der Waals surface area contributed by atoms with Crippen molar-refractivity contribution in [3.05, 3.63) is 0 Å². The highest BCUT2D eigenvalue weighted by atomic mass is 16.4. The zero-order valence-electron chi connectivity index (χ0n) is 14.0. The second-order valence-electron chi connectivity index (χ2n) is 7.05. The molecule has 0 heterocycles. The van der Waals surface area contributed by atoms with Crippen molar-refractivity contribution in [2.45, 2.75) is 77.0 Å². The van der Waals surface area contributed by atoms with Gasteiger partial charge in [0.2, 0.25) is 0 Å². The van der Waals surface area contributed by atoms with Crippen LogP contribution in [0.5, 0.6) is 0 Å². The van der Waals surface area contributed by atoms with Crippen LogP contribution in [0.3, 0.4) is 0 Å². The highest BCUT2D eigenvalue weighted by Gasteiger charge is 2.04. The Labute approximate surface area is 126 Å². The van der Waals surface area contributed by atoms with Gasteiger partial charge < -0.3 is 9.59 Å². The van der Waals surface area contributed by atoms with Gasteiger partial charge in [0.25, 0.3) is 0 Å². The Morgan fingerprint density at radius 1 is 0.700 bits per heavy atom. The maximum atomic E-state index is 10.3. The van der Waals surface area contributed by atoms with Crippen molar-refractivity contribution < 1.29 is 14.4 Å². The Balaban J connectivity index is 3.05. The fraction of sp³-hybridized carbons (Fsp3) is 0.941. The molecule has 0 aromatic rings. The number of nitrogens with zero attached hydrogens (tertiary/aromatic N) is 1. The number of carboxylic acids is 1. The van der Waals surface area contributed by atoms with Crippen LogP contribution < -0.4 is 0 Å². The Kier molecular flexibility index (Phi) is 11.8. The summed E-state index contributed by atoms with van der Waals surface area (Å²) < 4.78 is 1.09. The highest BCUT2D eigenvalue weighted by molar-refractivity contribution is 5.66. The molecule has 120 valence electrons. The summed E-state index contributed by atoms with van der Waals surface area (Å²) in [6, 6.07) is 0. The van der Waals surface area contributed by atoms with Crippen molar-refractivity contribution in [3.8, 4) is 0 Å². The highest BCUT2D eigenvalue weighted by Crippen LogP contribution is 2.12. The normalized spacial score (nSPS) is 11.8. The molecule has 0 fully saturated rings. The molecule has 0 spiro atoms. The van der Waals surface area contributed by atoms with E-state index < -0.39 is 5.97 Å². The summed E-state index contributed by atoms with van der Waals surface area (Å²) >= 11 is 0. The molecular weight excluding hydrogens is 250 g/mol. The molecule has 0 saturated heterocycles. The second kappa shape index (κ2) is 12.2. The van der Waals surface area contributed by atoms with Gasteiger partial charge in [0.1, 0.15) is 0 Å². The molecule has 0 aliphatic carbocycles. The molecule has 20 heavy (non-hydrogen) atoms. The SMILES string of the molecule is C[N+](C)(C)CCCCCCCCCCCCCC(=O)O. The monoisotopic (exact) mass is 286 g/mol. The van der Waals surface area contributed by atoms with E-state index in [1.807, 2.05) is 0 Å². The fourth-order valence-electron chi connectivity index (χ4n) is 2.45. The van der Waals surface area contributed by atoms with Gasteiger partial charge >= 0.3 is 5.97 Å². The lowest BCUT2D eigenvalue weighted by Gasteiger charge is -2.23. The van der Waals surface area contributed by atoms with Gasteiger partial charge in [-0.1, -0.05) is 51.4 Å². The third-order valence-corrected chi connectivity index (χ3v) is 3.72. The predicted molar refractivity (Wildman–Crippen MR) is 85.9 cm³/mol. The maximum absolute atomic E-state index is 10.3. The van der Waals surface area contributed by atoms with Crippen LogP contribution in [0.2, 0.25) is 0 Å². The Morgan fingerprint density at radius 3 is 1.40 bits per heavy atom. The first kappa shape index (κ1) is 19.4. The van der Waals surface area contributed by atoms with E-state index in [0.717, 1.165) is 17.3 Å². The molecule has 3 heteroatoms. The third-order valence-electron chi connectivity index (χ3n) is 3.72. The lowest BCUT2D eigenvalue weighted by molar-refractivity contribution is -0.870. The molecule has 0 rings (SSSR count). The first-order valence-electron chi connectivity index (χ1n) is 8.44. The zero-order chi connectivity index (χ0) is 15.3. The lowest BCUT2D eigenvalue weighted by atomic mass is 10.1. The van der Waals surface area contributed by atoms with Crippen molar-refractivity contribution in [3.63, 3.8) is 0 Å². The quantitative estimate of drug-likeness (QED) is 0.378. The van der Waals surface area contributed by atoms with Gasteiger partial charge in [0, 0.05) is 6.42 Å². The van der Waals surface area contributed by atoms with Gasteiger partial charge in [0.05, 0.1) is 27.7 Å². The van der Waals surface area contributed by atoms with Crippen molar-refractivity contribution in [2.75, 3.05) is 27.7 Å². The molecule has 0 aromatic heterocycles.